The first-order valence-electron chi connectivity index (χ1n) is 11.7. The molecule has 1 heterocycles. The van der Waals surface area contributed by atoms with E-state index >= 15 is 0 Å². The number of Topliss-reactive ketones (excluding diaryl/α,β-unsaturated/α-hetero) is 1. The number of fused-ring (bicyclic) bond motifs is 5. The van der Waals surface area contributed by atoms with Crippen LogP contribution in [0.15, 0.2) is 11.1 Å². The summed E-state index contributed by atoms with van der Waals surface area (Å²) in [5.41, 5.74) is -1.81. The number of ketones is 1. The fourth-order valence-corrected chi connectivity index (χ4v) is 7.52. The van der Waals surface area contributed by atoms with Crippen molar-refractivity contribution in [2.75, 3.05) is 20.8 Å². The highest BCUT2D eigenvalue weighted by Crippen LogP contribution is 2.63. The molecule has 0 aromatic carbocycles. The first-order valence-corrected chi connectivity index (χ1v) is 11.7. The summed E-state index contributed by atoms with van der Waals surface area (Å²) < 4.78 is 24.0. The lowest BCUT2D eigenvalue weighted by Gasteiger charge is -2.62. The zero-order chi connectivity index (χ0) is 23.7. The van der Waals surface area contributed by atoms with Gasteiger partial charge in [0.2, 0.25) is 0 Å². The maximum atomic E-state index is 14.4. The predicted octanol–water partition coefficient (Wildman–Crippen LogP) is 2.97. The molecule has 32 heavy (non-hydrogen) atoms. The van der Waals surface area contributed by atoms with Crippen molar-refractivity contribution in [1.29, 1.82) is 0 Å². The Morgan fingerprint density at radius 3 is 2.44 bits per heavy atom. The van der Waals surface area contributed by atoms with E-state index < -0.39 is 46.1 Å². The Kier molecular flexibility index (Phi) is 5.68. The van der Waals surface area contributed by atoms with Gasteiger partial charge in [0.25, 0.3) is 0 Å². The second-order valence-corrected chi connectivity index (χ2v) is 11.0. The predicted molar refractivity (Wildman–Crippen MR) is 117 cm³/mol. The second kappa shape index (κ2) is 7.62. The van der Waals surface area contributed by atoms with Gasteiger partial charge in [0.1, 0.15) is 17.8 Å². The van der Waals surface area contributed by atoms with Crippen molar-refractivity contribution >= 4 is 11.8 Å². The Labute approximate surface area is 190 Å². The molecule has 1 saturated heterocycles. The van der Waals surface area contributed by atoms with Crippen molar-refractivity contribution < 1.29 is 33.6 Å². The SMILES string of the molecule is CO[C@H]1C(=O)[C@@]2(C)C(C[C@]3(O)CCC(C)=C1C3(C)C)[C@]1(OC(C)=O)CCO[C@@H]1C[C@@H]2OC. The first kappa shape index (κ1) is 23.9. The molecule has 1 N–H and O–H groups in total. The Morgan fingerprint density at radius 1 is 1.16 bits per heavy atom. The Balaban J connectivity index is 1.99. The van der Waals surface area contributed by atoms with Gasteiger partial charge in [-0.2, -0.15) is 0 Å². The number of carbonyl (C=O) groups is 2. The number of esters is 1. The molecule has 0 spiro atoms. The quantitative estimate of drug-likeness (QED) is 0.522. The van der Waals surface area contributed by atoms with Gasteiger partial charge in [0.15, 0.2) is 5.78 Å². The van der Waals surface area contributed by atoms with E-state index in [-0.39, 0.29) is 11.9 Å². The van der Waals surface area contributed by atoms with Crippen LogP contribution in [-0.4, -0.2) is 67.2 Å². The summed E-state index contributed by atoms with van der Waals surface area (Å²) >= 11 is 0. The molecule has 1 unspecified atom stereocenters. The minimum atomic E-state index is -1.10. The molecule has 0 amide bonds. The lowest BCUT2D eigenvalue weighted by atomic mass is 9.46. The molecule has 180 valence electrons. The first-order chi connectivity index (χ1) is 14.9. The molecule has 4 aliphatic rings. The average Bonchev–Trinajstić information content (AvgIpc) is 3.11. The number of hydrogen-bond donors (Lipinski definition) is 1. The lowest BCUT2D eigenvalue weighted by molar-refractivity contribution is -0.239. The second-order valence-electron chi connectivity index (χ2n) is 11.0. The van der Waals surface area contributed by atoms with Crippen LogP contribution in [0, 0.1) is 16.7 Å². The van der Waals surface area contributed by atoms with Crippen LogP contribution in [0.3, 0.4) is 0 Å². The monoisotopic (exact) mass is 450 g/mol. The number of hydrogen-bond acceptors (Lipinski definition) is 7. The lowest BCUT2D eigenvalue weighted by Crippen LogP contribution is -2.71. The van der Waals surface area contributed by atoms with E-state index in [1.165, 1.54) is 6.92 Å². The maximum absolute atomic E-state index is 14.4. The Morgan fingerprint density at radius 2 is 1.84 bits per heavy atom. The molecule has 1 aliphatic heterocycles. The van der Waals surface area contributed by atoms with Gasteiger partial charge in [0.05, 0.1) is 23.7 Å². The van der Waals surface area contributed by atoms with Crippen molar-refractivity contribution in [3.05, 3.63) is 11.1 Å². The molecular weight excluding hydrogens is 412 g/mol. The molecular formula is C25H38O7. The van der Waals surface area contributed by atoms with Gasteiger partial charge in [-0.05, 0) is 38.7 Å². The standard InChI is InChI=1S/C25H38O7/c1-14-8-9-24(28)13-16-23(5,21(27)20(30-7)19(14)22(24,3)4)17(29-6)12-18-25(16,10-11-31-18)32-15(2)26/h16-18,20,28H,8-13H2,1-7H3/t16?,17-,18+,20+,23-,24+,25+/m0/s1. The largest absolute Gasteiger partial charge is 0.456 e. The van der Waals surface area contributed by atoms with E-state index in [0.29, 0.717) is 38.7 Å². The van der Waals surface area contributed by atoms with Gasteiger partial charge in [-0.1, -0.05) is 19.4 Å². The van der Waals surface area contributed by atoms with E-state index in [2.05, 4.69) is 0 Å². The Bertz CT molecular complexity index is 847. The van der Waals surface area contributed by atoms with Crippen molar-refractivity contribution in [2.45, 2.75) is 96.2 Å². The summed E-state index contributed by atoms with van der Waals surface area (Å²) in [5, 5.41) is 12.2. The minimum Gasteiger partial charge on any atom is -0.456 e. The third-order valence-electron chi connectivity index (χ3n) is 9.40. The van der Waals surface area contributed by atoms with Crippen LogP contribution in [0.4, 0.5) is 0 Å². The Hall–Kier alpha value is -1.28. The summed E-state index contributed by atoms with van der Waals surface area (Å²) in [4.78, 5) is 26.7. The minimum absolute atomic E-state index is 0.0693. The third-order valence-corrected chi connectivity index (χ3v) is 9.40. The van der Waals surface area contributed by atoms with Gasteiger partial charge < -0.3 is 24.1 Å². The van der Waals surface area contributed by atoms with Crippen molar-refractivity contribution in [2.24, 2.45) is 16.7 Å². The van der Waals surface area contributed by atoms with Crippen LogP contribution in [-0.2, 0) is 28.5 Å². The maximum Gasteiger partial charge on any atom is 0.303 e. The zero-order valence-electron chi connectivity index (χ0n) is 20.4. The van der Waals surface area contributed by atoms with Crippen LogP contribution >= 0.6 is 0 Å². The molecule has 7 nitrogen and oxygen atoms in total. The molecule has 2 saturated carbocycles. The number of ether oxygens (including phenoxy) is 4. The summed E-state index contributed by atoms with van der Waals surface area (Å²) in [6.45, 7) is 9.79. The fourth-order valence-electron chi connectivity index (χ4n) is 7.52. The third kappa shape index (κ3) is 2.93. The van der Waals surface area contributed by atoms with Gasteiger partial charge >= 0.3 is 5.97 Å². The van der Waals surface area contributed by atoms with Crippen LogP contribution in [0.25, 0.3) is 0 Å². The molecule has 3 fully saturated rings. The van der Waals surface area contributed by atoms with E-state index in [1.807, 2.05) is 27.7 Å². The molecule has 4 rings (SSSR count). The smallest absolute Gasteiger partial charge is 0.303 e. The number of methoxy groups -OCH3 is 2. The van der Waals surface area contributed by atoms with Gasteiger partial charge in [0, 0.05) is 45.3 Å². The molecule has 0 aromatic heterocycles. The summed E-state index contributed by atoms with van der Waals surface area (Å²) in [6.07, 6.45) is 0.908. The van der Waals surface area contributed by atoms with Gasteiger partial charge in [-0.3, -0.25) is 9.59 Å². The highest BCUT2D eigenvalue weighted by atomic mass is 16.6. The van der Waals surface area contributed by atoms with E-state index in [1.54, 1.807) is 14.2 Å². The van der Waals surface area contributed by atoms with E-state index in [0.717, 1.165) is 11.1 Å². The van der Waals surface area contributed by atoms with Crippen molar-refractivity contribution in [3.63, 3.8) is 0 Å². The van der Waals surface area contributed by atoms with Crippen LogP contribution in [0.5, 0.6) is 0 Å². The highest BCUT2D eigenvalue weighted by Gasteiger charge is 2.71. The molecule has 7 heteroatoms. The van der Waals surface area contributed by atoms with Crippen molar-refractivity contribution in [3.8, 4) is 0 Å². The van der Waals surface area contributed by atoms with Gasteiger partial charge in [-0.15, -0.1) is 0 Å². The molecule has 3 aliphatic carbocycles. The fraction of sp³-hybridized carbons (Fsp3) is 0.840. The summed E-state index contributed by atoms with van der Waals surface area (Å²) in [7, 11) is 3.17. The van der Waals surface area contributed by atoms with Crippen LogP contribution in [0.2, 0.25) is 0 Å². The van der Waals surface area contributed by atoms with Crippen LogP contribution in [0.1, 0.15) is 66.7 Å². The topological polar surface area (TPSA) is 91.3 Å². The number of allylic oxidation sites excluding steroid dienone is 1. The number of carbonyl (C=O) groups excluding carboxylic acids is 2. The van der Waals surface area contributed by atoms with Gasteiger partial charge in [-0.25, -0.2) is 0 Å². The molecule has 0 radical (unpaired) electrons. The summed E-state index contributed by atoms with van der Waals surface area (Å²) in [6, 6.07) is 0. The summed E-state index contributed by atoms with van der Waals surface area (Å²) in [5.74, 6) is -0.942. The highest BCUT2D eigenvalue weighted by molar-refractivity contribution is 5.93. The number of rotatable bonds is 3. The van der Waals surface area contributed by atoms with Crippen LogP contribution < -0.4 is 0 Å². The number of aliphatic hydroxyl groups is 1. The average molecular weight is 451 g/mol. The van der Waals surface area contributed by atoms with Crippen molar-refractivity contribution in [1.82, 2.24) is 0 Å². The van der Waals surface area contributed by atoms with E-state index in [4.69, 9.17) is 18.9 Å². The molecule has 2 bridgehead atoms. The molecule has 0 aromatic rings. The zero-order valence-corrected chi connectivity index (χ0v) is 20.4. The molecule has 7 atom stereocenters. The van der Waals surface area contributed by atoms with E-state index in [9.17, 15) is 14.7 Å². The normalized spacial score (nSPS) is 45.6.